The van der Waals surface area contributed by atoms with Gasteiger partial charge in [0.1, 0.15) is 28.5 Å². The molecular weight excluding hydrogens is 942 g/mol. The summed E-state index contributed by atoms with van der Waals surface area (Å²) in [6.45, 7) is 13.1. The second-order valence-corrected chi connectivity index (χ2v) is 22.6. The van der Waals surface area contributed by atoms with Gasteiger partial charge in [-0.1, -0.05) is 25.1 Å². The molecule has 1 atom stereocenters. The molecule has 3 aromatic carbocycles. The first-order chi connectivity index (χ1) is 35.7. The number of anilines is 2. The molecule has 16 nitrogen and oxygen atoms in total. The quantitative estimate of drug-likeness (QED) is 0.104. The molecule has 392 valence electrons. The maximum absolute atomic E-state index is 17.2. The number of ether oxygens (including phenoxy) is 2. The average Bonchev–Trinajstić information content (AvgIpc) is 4.17. The van der Waals surface area contributed by atoms with Gasteiger partial charge in [-0.15, -0.1) is 0 Å². The number of phenols is 1. The van der Waals surface area contributed by atoms with Gasteiger partial charge in [0.25, 0.3) is 5.91 Å². The average molecular weight is 1010 g/mol. The molecule has 74 heavy (non-hydrogen) atoms. The Hall–Kier alpha value is -6.17. The van der Waals surface area contributed by atoms with Crippen LogP contribution in [0, 0.1) is 22.6 Å². The number of methoxy groups -OCH3 is 1. The molecule has 1 spiro atoms. The summed E-state index contributed by atoms with van der Waals surface area (Å²) in [5.41, 5.74) is 2.05. The number of likely N-dealkylation sites (tertiary alicyclic amines) is 1. The number of carbonyl (C=O) groups excluding carboxylic acids is 3. The van der Waals surface area contributed by atoms with Gasteiger partial charge < -0.3 is 39.3 Å². The molecular formula is C57H70FN9O7. The van der Waals surface area contributed by atoms with Gasteiger partial charge in [0.05, 0.1) is 30.4 Å². The molecule has 2 aromatic heterocycles. The predicted octanol–water partition coefficient (Wildman–Crippen LogP) is 7.95. The number of hydrogen-bond acceptors (Lipinski definition) is 13. The third-order valence-corrected chi connectivity index (χ3v) is 17.4. The number of nitrogens with zero attached hydrogens (tertiary/aromatic N) is 8. The highest BCUT2D eigenvalue weighted by atomic mass is 19.1. The molecule has 3 N–H and O–H groups in total. The number of carbonyl (C=O) groups is 3. The van der Waals surface area contributed by atoms with Gasteiger partial charge in [-0.2, -0.15) is 9.97 Å². The highest BCUT2D eigenvalue weighted by Crippen LogP contribution is 2.49. The minimum atomic E-state index is -0.931. The first-order valence-corrected chi connectivity index (χ1v) is 27.0. The van der Waals surface area contributed by atoms with E-state index in [1.54, 1.807) is 36.5 Å². The first-order valence-electron chi connectivity index (χ1n) is 27.0. The zero-order valence-electron chi connectivity index (χ0n) is 43.1. The number of pyridine rings is 1. The lowest BCUT2D eigenvalue weighted by Crippen LogP contribution is -2.50. The number of urea groups is 1. The normalized spacial score (nSPS) is 22.6. The van der Waals surface area contributed by atoms with Crippen molar-refractivity contribution in [3.8, 4) is 28.8 Å². The molecule has 5 aromatic rings. The van der Waals surface area contributed by atoms with Crippen molar-refractivity contribution in [1.29, 1.82) is 0 Å². The number of aryl methyl sites for hydroxylation is 1. The Labute approximate surface area is 432 Å². The fraction of sp³-hybridized carbons (Fsp3) is 0.544. The number of piperidine rings is 2. The van der Waals surface area contributed by atoms with E-state index >= 15 is 4.39 Å². The van der Waals surface area contributed by atoms with Crippen LogP contribution in [-0.2, 0) is 11.2 Å². The number of amides is 4. The molecule has 0 unspecified atom stereocenters. The van der Waals surface area contributed by atoms with Gasteiger partial charge in [-0.05, 0) is 136 Å². The van der Waals surface area contributed by atoms with Gasteiger partial charge in [-0.25, -0.2) is 9.18 Å². The van der Waals surface area contributed by atoms with Crippen LogP contribution in [0.3, 0.4) is 0 Å². The van der Waals surface area contributed by atoms with Crippen molar-refractivity contribution in [1.82, 2.24) is 35.0 Å². The number of piperazine rings is 1. The van der Waals surface area contributed by atoms with Crippen LogP contribution in [-0.4, -0.2) is 149 Å². The van der Waals surface area contributed by atoms with Crippen LogP contribution in [0.15, 0.2) is 54.7 Å². The van der Waals surface area contributed by atoms with E-state index in [0.29, 0.717) is 78.9 Å². The fourth-order valence-corrected chi connectivity index (χ4v) is 12.8. The Morgan fingerprint density at radius 3 is 2.39 bits per heavy atom. The molecule has 6 aliphatic rings. The topological polar surface area (TPSA) is 177 Å². The molecule has 6 heterocycles. The monoisotopic (exact) mass is 1010 g/mol. The number of aromatic hydroxyl groups is 1. The van der Waals surface area contributed by atoms with Crippen molar-refractivity contribution in [3.63, 3.8) is 0 Å². The second-order valence-electron chi connectivity index (χ2n) is 22.6. The number of hydrogen-bond donors (Lipinski definition) is 3. The van der Waals surface area contributed by atoms with E-state index in [0.717, 1.165) is 94.1 Å². The number of halogens is 1. The van der Waals surface area contributed by atoms with Crippen molar-refractivity contribution in [2.75, 3.05) is 95.5 Å². The molecule has 11 rings (SSSR count). The third kappa shape index (κ3) is 10.2. The number of aromatic nitrogens is 3. The summed E-state index contributed by atoms with van der Waals surface area (Å²) in [4.78, 5) is 63.2. The number of phenolic OH excluding ortho intramolecular Hbond substituents is 1. The smallest absolute Gasteiger partial charge is 0.328 e. The van der Waals surface area contributed by atoms with E-state index in [2.05, 4.69) is 27.0 Å². The Morgan fingerprint density at radius 1 is 0.905 bits per heavy atom. The van der Waals surface area contributed by atoms with E-state index in [-0.39, 0.29) is 58.6 Å². The molecule has 4 amide bonds. The van der Waals surface area contributed by atoms with E-state index in [4.69, 9.17) is 19.4 Å². The Balaban J connectivity index is 0.690. The number of aliphatic hydroxyl groups is 1. The fourth-order valence-electron chi connectivity index (χ4n) is 12.8. The number of rotatable bonds is 13. The summed E-state index contributed by atoms with van der Waals surface area (Å²) in [6, 6.07) is 14.0. The summed E-state index contributed by atoms with van der Waals surface area (Å²) in [6.07, 6.45) is 12.8. The second kappa shape index (κ2) is 20.2. The van der Waals surface area contributed by atoms with Gasteiger partial charge in [0.2, 0.25) is 5.91 Å². The van der Waals surface area contributed by atoms with Gasteiger partial charge in [0.15, 0.2) is 5.82 Å². The van der Waals surface area contributed by atoms with E-state index < -0.39 is 17.4 Å². The molecule has 4 saturated heterocycles. The van der Waals surface area contributed by atoms with Crippen molar-refractivity contribution in [3.05, 3.63) is 71.7 Å². The highest BCUT2D eigenvalue weighted by Gasteiger charge is 2.46. The summed E-state index contributed by atoms with van der Waals surface area (Å²) >= 11 is 0. The van der Waals surface area contributed by atoms with Crippen LogP contribution in [0.2, 0.25) is 0 Å². The van der Waals surface area contributed by atoms with Crippen molar-refractivity contribution >= 4 is 51.0 Å². The summed E-state index contributed by atoms with van der Waals surface area (Å²) < 4.78 is 29.2. The van der Waals surface area contributed by atoms with Crippen LogP contribution in [0.1, 0.15) is 100 Å². The largest absolute Gasteiger partial charge is 0.508 e. The Kier molecular flexibility index (Phi) is 13.6. The lowest BCUT2D eigenvalue weighted by molar-refractivity contribution is -0.120. The molecule has 6 fully saturated rings. The van der Waals surface area contributed by atoms with E-state index in [1.165, 1.54) is 37.7 Å². The number of fused-ring (bicyclic) bond motifs is 2. The summed E-state index contributed by atoms with van der Waals surface area (Å²) in [7, 11) is 1.53. The zero-order valence-corrected chi connectivity index (χ0v) is 43.1. The number of benzene rings is 3. The number of β-amino-alcohol motifs (C(OH)–C–C–N with tert-alkyl or cyclic N) is 1. The summed E-state index contributed by atoms with van der Waals surface area (Å²) in [5.74, 6) is 0.716. The van der Waals surface area contributed by atoms with Gasteiger partial charge in [-0.3, -0.25) is 24.8 Å². The maximum atomic E-state index is 17.2. The van der Waals surface area contributed by atoms with Crippen molar-refractivity contribution in [2.45, 2.75) is 96.5 Å². The molecule has 2 aliphatic carbocycles. The van der Waals surface area contributed by atoms with Crippen LogP contribution >= 0.6 is 0 Å². The number of nitrogens with one attached hydrogen (secondary N) is 1. The lowest BCUT2D eigenvalue weighted by atomic mass is 9.65. The van der Waals surface area contributed by atoms with Gasteiger partial charge >= 0.3 is 12.0 Å². The lowest BCUT2D eigenvalue weighted by Gasteiger charge is -2.47. The molecule has 0 bridgehead atoms. The summed E-state index contributed by atoms with van der Waals surface area (Å²) in [5, 5.41) is 26.4. The highest BCUT2D eigenvalue weighted by molar-refractivity contribution is 6.07. The van der Waals surface area contributed by atoms with Crippen LogP contribution in [0.4, 0.5) is 20.7 Å². The van der Waals surface area contributed by atoms with Crippen LogP contribution < -0.4 is 24.6 Å². The standard InChI is InChI=1S/C57H70FN9O7/c1-4-38-7-5-8-39-29-41(68)31-42(47(38)39)49-48(58)50-43(32-59-49)51(66-21-6-14-55(2,72)34-66)62-53(61-50)74-36-57(17-18-57)35-64-27-25-63(26-28-64)33-37-11-15-56(16-12-37)19-23-65(24-20-56)52(70)40-9-10-45(73-3)44(30-40)67-22-13-46(69)60-54(67)71/h5,7-10,29-32,37,68,72H,4,6,11-28,33-36H2,1-3H3,(H,60,69,71)/t55-/m1/s1. The SMILES string of the molecule is CCc1cccc2cc(O)cc(-c3ncc4c(N5CCC[C@@](C)(O)C5)nc(OCC5(CN6CCN(CC7CCC8(CC7)CCN(C(=O)c7ccc(OC)c(N9CCC(=O)NC9=O)c7)CC8)CC6)CC5)nc4c3F)c12. The van der Waals surface area contributed by atoms with Gasteiger partial charge in [0, 0.05) is 101 Å². The minimum absolute atomic E-state index is 0.0296. The van der Waals surface area contributed by atoms with Crippen LogP contribution in [0.5, 0.6) is 17.5 Å². The molecule has 17 heteroatoms. The minimum Gasteiger partial charge on any atom is -0.508 e. The third-order valence-electron chi connectivity index (χ3n) is 17.4. The van der Waals surface area contributed by atoms with Crippen LogP contribution in [0.25, 0.3) is 32.9 Å². The Bertz CT molecular complexity index is 2960. The van der Waals surface area contributed by atoms with Crippen molar-refractivity contribution < 1.29 is 38.5 Å². The molecule has 4 aliphatic heterocycles. The number of imide groups is 1. The predicted molar refractivity (Wildman–Crippen MR) is 281 cm³/mol. The van der Waals surface area contributed by atoms with E-state index in [9.17, 15) is 24.6 Å². The zero-order chi connectivity index (χ0) is 51.4. The Morgan fingerprint density at radius 2 is 1.68 bits per heavy atom. The van der Waals surface area contributed by atoms with E-state index in [1.807, 2.05) is 34.9 Å². The molecule has 2 saturated carbocycles. The van der Waals surface area contributed by atoms with Crippen molar-refractivity contribution in [2.24, 2.45) is 16.7 Å². The first kappa shape index (κ1) is 50.0. The maximum Gasteiger partial charge on any atom is 0.328 e. The molecule has 0 radical (unpaired) electrons.